The van der Waals surface area contributed by atoms with E-state index in [4.69, 9.17) is 4.42 Å². The Morgan fingerprint density at radius 3 is 2.29 bits per heavy atom. The molecule has 7 rings (SSSR count). The number of aryl methyl sites for hydroxylation is 2. The Labute approximate surface area is 178 Å². The molecule has 2 aromatic heterocycles. The first-order valence-corrected chi connectivity index (χ1v) is 10.7. The fourth-order valence-electron chi connectivity index (χ4n) is 5.40. The summed E-state index contributed by atoms with van der Waals surface area (Å²) in [4.78, 5) is 0. The number of hydrogen-bond acceptors (Lipinski definition) is 1. The van der Waals surface area contributed by atoms with E-state index in [1.54, 1.807) is 0 Å². The molecule has 5 aromatic carbocycles. The molecule has 7 aromatic rings. The molecular weight excluding hydrogens is 378 g/mol. The molecule has 0 amide bonds. The van der Waals surface area contributed by atoms with Gasteiger partial charge in [0.1, 0.15) is 18.2 Å². The van der Waals surface area contributed by atoms with Crippen molar-refractivity contribution >= 4 is 65.2 Å². The Balaban J connectivity index is 1.80. The molecule has 2 nitrogen and oxygen atoms in total. The number of fused-ring (bicyclic) bond motifs is 12. The number of hydrogen-bond donors (Lipinski definition) is 0. The molecule has 0 unspecified atom stereocenters. The van der Waals surface area contributed by atoms with Crippen LogP contribution in [0.1, 0.15) is 5.56 Å². The summed E-state index contributed by atoms with van der Waals surface area (Å²) in [5, 5.41) is 11.0. The first kappa shape index (κ1) is 16.8. The van der Waals surface area contributed by atoms with Gasteiger partial charge < -0.3 is 4.42 Å². The molecule has 0 aliphatic heterocycles. The van der Waals surface area contributed by atoms with Crippen LogP contribution < -0.4 is 4.57 Å². The van der Waals surface area contributed by atoms with Crippen LogP contribution in [0.5, 0.6) is 0 Å². The lowest BCUT2D eigenvalue weighted by molar-refractivity contribution is -0.644. The topological polar surface area (TPSA) is 17.0 Å². The fraction of sp³-hybridized carbons (Fsp3) is 0.0690. The summed E-state index contributed by atoms with van der Waals surface area (Å²) in [6, 6.07) is 28.3. The molecule has 0 atom stereocenters. The van der Waals surface area contributed by atoms with Crippen molar-refractivity contribution in [2.75, 3.05) is 0 Å². The molecule has 0 bridgehead atoms. The standard InChI is InChI=1S/C29H20NO/c1-17-7-5-10-22-25(17)27-24(11-6-16-30(27)2)29-26(22)23-15-14-20-19-9-4-3-8-18(19)12-13-21(20)28(23)31-29/h3-16H,1-2H3/q+1. The molecule has 0 aliphatic carbocycles. The van der Waals surface area contributed by atoms with Gasteiger partial charge in [0, 0.05) is 27.6 Å². The van der Waals surface area contributed by atoms with Crippen LogP contribution in [0.15, 0.2) is 89.5 Å². The van der Waals surface area contributed by atoms with E-state index in [0.29, 0.717) is 0 Å². The predicted octanol–water partition coefficient (Wildman–Crippen LogP) is 7.33. The molecule has 31 heavy (non-hydrogen) atoms. The molecule has 0 saturated carbocycles. The molecule has 0 saturated heterocycles. The first-order chi connectivity index (χ1) is 15.2. The number of furan rings is 1. The molecule has 0 N–H and O–H groups in total. The van der Waals surface area contributed by atoms with E-state index in [1.807, 2.05) is 0 Å². The van der Waals surface area contributed by atoms with E-state index in [1.165, 1.54) is 54.2 Å². The molecule has 0 aliphatic rings. The summed E-state index contributed by atoms with van der Waals surface area (Å²) in [6.07, 6.45) is 2.12. The number of benzene rings is 5. The molecule has 146 valence electrons. The van der Waals surface area contributed by atoms with Gasteiger partial charge in [-0.05, 0) is 46.8 Å². The summed E-state index contributed by atoms with van der Waals surface area (Å²) in [5.41, 5.74) is 4.45. The third kappa shape index (κ3) is 2.09. The molecule has 2 heterocycles. The van der Waals surface area contributed by atoms with Crippen LogP contribution in [0.4, 0.5) is 0 Å². The Morgan fingerprint density at radius 2 is 1.35 bits per heavy atom. The van der Waals surface area contributed by atoms with Crippen molar-refractivity contribution in [3.05, 3.63) is 90.6 Å². The average Bonchev–Trinajstić information content (AvgIpc) is 3.20. The maximum absolute atomic E-state index is 6.72. The van der Waals surface area contributed by atoms with E-state index in [2.05, 4.69) is 104 Å². The van der Waals surface area contributed by atoms with Gasteiger partial charge in [-0.15, -0.1) is 0 Å². The highest BCUT2D eigenvalue weighted by Crippen LogP contribution is 2.43. The van der Waals surface area contributed by atoms with Gasteiger partial charge in [0.05, 0.1) is 10.8 Å². The fourth-order valence-corrected chi connectivity index (χ4v) is 5.40. The third-order valence-corrected chi connectivity index (χ3v) is 6.78. The molecule has 0 radical (unpaired) electrons. The maximum atomic E-state index is 6.72. The van der Waals surface area contributed by atoms with Crippen molar-refractivity contribution in [1.82, 2.24) is 0 Å². The Bertz CT molecular complexity index is 1860. The Morgan fingerprint density at radius 1 is 0.581 bits per heavy atom. The van der Waals surface area contributed by atoms with Crippen LogP contribution in [0.2, 0.25) is 0 Å². The minimum atomic E-state index is 0.972. The lowest BCUT2D eigenvalue weighted by atomic mass is 9.95. The zero-order valence-electron chi connectivity index (χ0n) is 17.4. The Kier molecular flexibility index (Phi) is 3.17. The van der Waals surface area contributed by atoms with Gasteiger partial charge in [-0.3, -0.25) is 0 Å². The van der Waals surface area contributed by atoms with Gasteiger partial charge in [-0.2, -0.15) is 0 Å². The van der Waals surface area contributed by atoms with Crippen molar-refractivity contribution in [3.8, 4) is 0 Å². The van der Waals surface area contributed by atoms with E-state index in [9.17, 15) is 0 Å². The van der Waals surface area contributed by atoms with Crippen molar-refractivity contribution in [1.29, 1.82) is 0 Å². The second-order valence-corrected chi connectivity index (χ2v) is 8.51. The smallest absolute Gasteiger partial charge is 0.224 e. The summed E-state index contributed by atoms with van der Waals surface area (Å²) >= 11 is 0. The maximum Gasteiger partial charge on any atom is 0.224 e. The molecule has 0 fully saturated rings. The number of pyridine rings is 1. The lowest BCUT2D eigenvalue weighted by Gasteiger charge is -2.07. The number of nitrogens with zero attached hydrogens (tertiary/aromatic N) is 1. The lowest BCUT2D eigenvalue weighted by Crippen LogP contribution is -2.28. The van der Waals surface area contributed by atoms with Gasteiger partial charge in [-0.25, -0.2) is 4.57 Å². The second-order valence-electron chi connectivity index (χ2n) is 8.51. The third-order valence-electron chi connectivity index (χ3n) is 6.78. The first-order valence-electron chi connectivity index (χ1n) is 10.7. The van der Waals surface area contributed by atoms with Crippen LogP contribution >= 0.6 is 0 Å². The zero-order chi connectivity index (χ0) is 20.7. The predicted molar refractivity (Wildman–Crippen MR) is 130 cm³/mol. The molecule has 2 heteroatoms. The van der Waals surface area contributed by atoms with Gasteiger partial charge in [0.25, 0.3) is 0 Å². The number of aromatic nitrogens is 1. The van der Waals surface area contributed by atoms with E-state index < -0.39 is 0 Å². The summed E-state index contributed by atoms with van der Waals surface area (Å²) < 4.78 is 8.93. The quantitative estimate of drug-likeness (QED) is 0.193. The minimum absolute atomic E-state index is 0.972. The normalized spacial score (nSPS) is 12.2. The van der Waals surface area contributed by atoms with Crippen molar-refractivity contribution in [2.45, 2.75) is 6.92 Å². The monoisotopic (exact) mass is 398 g/mol. The van der Waals surface area contributed by atoms with Gasteiger partial charge >= 0.3 is 0 Å². The zero-order valence-corrected chi connectivity index (χ0v) is 17.4. The van der Waals surface area contributed by atoms with Crippen molar-refractivity contribution in [3.63, 3.8) is 0 Å². The van der Waals surface area contributed by atoms with E-state index >= 15 is 0 Å². The minimum Gasteiger partial charge on any atom is -0.454 e. The molecule has 0 spiro atoms. The van der Waals surface area contributed by atoms with Crippen LogP contribution in [0, 0.1) is 6.92 Å². The van der Waals surface area contributed by atoms with E-state index in [0.717, 1.165) is 16.6 Å². The van der Waals surface area contributed by atoms with Crippen LogP contribution in [-0.4, -0.2) is 0 Å². The van der Waals surface area contributed by atoms with Crippen LogP contribution in [-0.2, 0) is 7.05 Å². The number of rotatable bonds is 0. The van der Waals surface area contributed by atoms with Crippen LogP contribution in [0.25, 0.3) is 65.2 Å². The van der Waals surface area contributed by atoms with Crippen molar-refractivity contribution in [2.24, 2.45) is 7.05 Å². The van der Waals surface area contributed by atoms with E-state index in [-0.39, 0.29) is 0 Å². The summed E-state index contributed by atoms with van der Waals surface area (Å²) in [6.45, 7) is 2.20. The highest BCUT2D eigenvalue weighted by molar-refractivity contribution is 6.32. The second kappa shape index (κ2) is 5.83. The average molecular weight is 398 g/mol. The van der Waals surface area contributed by atoms with Gasteiger partial charge in [0.15, 0.2) is 6.20 Å². The molecular formula is C29H20NO+. The summed E-state index contributed by atoms with van der Waals surface area (Å²) in [7, 11) is 2.12. The highest BCUT2D eigenvalue weighted by atomic mass is 16.3. The SMILES string of the molecule is Cc1cccc2c1c1c(ccc[n+]1C)c1oc3c4ccc5ccccc5c4ccc3c21. The Hall–Kier alpha value is -3.91. The van der Waals surface area contributed by atoms with Gasteiger partial charge in [-0.1, -0.05) is 54.6 Å². The largest absolute Gasteiger partial charge is 0.454 e. The van der Waals surface area contributed by atoms with Crippen molar-refractivity contribution < 1.29 is 8.98 Å². The van der Waals surface area contributed by atoms with Gasteiger partial charge in [0.2, 0.25) is 5.52 Å². The highest BCUT2D eigenvalue weighted by Gasteiger charge is 2.22. The van der Waals surface area contributed by atoms with Crippen LogP contribution in [0.3, 0.4) is 0 Å². The summed E-state index contributed by atoms with van der Waals surface area (Å²) in [5.74, 6) is 0.